The van der Waals surface area contributed by atoms with Crippen LogP contribution in [0.25, 0.3) is 27.8 Å². The van der Waals surface area contributed by atoms with E-state index in [0.29, 0.717) is 27.4 Å². The van der Waals surface area contributed by atoms with Gasteiger partial charge in [-0.2, -0.15) is 0 Å². The van der Waals surface area contributed by atoms with Gasteiger partial charge in [-0.05, 0) is 54.4 Å². The normalized spacial score (nSPS) is 11.1. The van der Waals surface area contributed by atoms with Gasteiger partial charge in [0.05, 0.1) is 11.4 Å². The van der Waals surface area contributed by atoms with E-state index in [4.69, 9.17) is 4.98 Å². The number of aryl methyl sites for hydroxylation is 1. The summed E-state index contributed by atoms with van der Waals surface area (Å²) >= 11 is 1.19. The third-order valence-electron chi connectivity index (χ3n) is 5.51. The third kappa shape index (κ3) is 4.18. The van der Waals surface area contributed by atoms with Crippen molar-refractivity contribution in [1.82, 2.24) is 14.5 Å². The molecule has 0 saturated heterocycles. The number of carbonyl (C=O) groups is 1. The van der Waals surface area contributed by atoms with Crippen LogP contribution in [0.2, 0.25) is 0 Å². The highest BCUT2D eigenvalue weighted by atomic mass is 32.2. The summed E-state index contributed by atoms with van der Waals surface area (Å²) in [6, 6.07) is 22.7. The first-order chi connectivity index (χ1) is 16.5. The van der Waals surface area contributed by atoms with Crippen molar-refractivity contribution in [2.24, 2.45) is 0 Å². The smallest absolute Gasteiger partial charge is 0.283 e. The zero-order valence-electron chi connectivity index (χ0n) is 18.3. The maximum Gasteiger partial charge on any atom is 0.283 e. The lowest BCUT2D eigenvalue weighted by Gasteiger charge is -2.13. The van der Waals surface area contributed by atoms with Crippen molar-refractivity contribution in [3.05, 3.63) is 112 Å². The Balaban J connectivity index is 1.62. The zero-order valence-corrected chi connectivity index (χ0v) is 19.1. The highest BCUT2D eigenvalue weighted by Crippen LogP contribution is 2.29. The van der Waals surface area contributed by atoms with Gasteiger partial charge < -0.3 is 4.98 Å². The molecule has 5 aromatic rings. The zero-order chi connectivity index (χ0) is 23.7. The minimum atomic E-state index is -0.398. The molecule has 0 aliphatic carbocycles. The van der Waals surface area contributed by atoms with Gasteiger partial charge in [0, 0.05) is 17.3 Å². The Morgan fingerprint density at radius 3 is 2.53 bits per heavy atom. The Bertz CT molecular complexity index is 1560. The molecule has 0 amide bonds. The summed E-state index contributed by atoms with van der Waals surface area (Å²) in [6.07, 6.45) is 1.78. The number of fused-ring (bicyclic) bond motifs is 1. The lowest BCUT2D eigenvalue weighted by Crippen LogP contribution is -2.22. The average Bonchev–Trinajstić information content (AvgIpc) is 3.28. The molecular weight excluding hydrogens is 449 g/mol. The number of benzene rings is 3. The van der Waals surface area contributed by atoms with Crippen molar-refractivity contribution >= 4 is 28.6 Å². The van der Waals surface area contributed by atoms with Crippen LogP contribution in [0.15, 0.2) is 95.0 Å². The second kappa shape index (κ2) is 9.11. The number of Topliss-reactive ketones (excluding diaryl/α,β-unsaturated/α-hetero) is 1. The van der Waals surface area contributed by atoms with Crippen molar-refractivity contribution in [2.45, 2.75) is 12.1 Å². The summed E-state index contributed by atoms with van der Waals surface area (Å²) in [5.74, 6) is -0.515. The number of aromatic amines is 1. The molecule has 0 radical (unpaired) electrons. The van der Waals surface area contributed by atoms with Crippen LogP contribution in [0.3, 0.4) is 0 Å². The monoisotopic (exact) mass is 469 g/mol. The number of aromatic nitrogens is 3. The molecule has 3 aromatic carbocycles. The number of H-pyrrole nitrogens is 1. The van der Waals surface area contributed by atoms with Gasteiger partial charge in [-0.1, -0.05) is 54.2 Å². The maximum atomic E-state index is 13.6. The highest BCUT2D eigenvalue weighted by Gasteiger charge is 2.19. The van der Waals surface area contributed by atoms with Gasteiger partial charge in [-0.3, -0.25) is 14.2 Å². The van der Waals surface area contributed by atoms with Crippen molar-refractivity contribution in [3.63, 3.8) is 0 Å². The SMILES string of the molecule is Cc1cccc(-n2c(SCC(=O)c3ccc(F)cc3)nc3c(-c4ccccc4)c[nH]c3c2=O)c1. The minimum absolute atomic E-state index is 0.0560. The van der Waals surface area contributed by atoms with Crippen LogP contribution in [0.5, 0.6) is 0 Å². The van der Waals surface area contributed by atoms with Crippen molar-refractivity contribution in [2.75, 3.05) is 5.75 Å². The summed E-state index contributed by atoms with van der Waals surface area (Å²) in [4.78, 5) is 34.3. The minimum Gasteiger partial charge on any atom is -0.355 e. The second-order valence-electron chi connectivity index (χ2n) is 7.88. The average molecular weight is 470 g/mol. The highest BCUT2D eigenvalue weighted by molar-refractivity contribution is 7.99. The number of ketones is 1. The number of hydrogen-bond donors (Lipinski definition) is 1. The van der Waals surface area contributed by atoms with Gasteiger partial charge in [0.15, 0.2) is 10.9 Å². The summed E-state index contributed by atoms with van der Waals surface area (Å²) in [5, 5.41) is 0.412. The fourth-order valence-corrected chi connectivity index (χ4v) is 4.72. The van der Waals surface area contributed by atoms with E-state index in [9.17, 15) is 14.0 Å². The van der Waals surface area contributed by atoms with Crippen LogP contribution in [-0.4, -0.2) is 26.1 Å². The first-order valence-corrected chi connectivity index (χ1v) is 11.7. The molecule has 0 fully saturated rings. The van der Waals surface area contributed by atoms with E-state index in [1.54, 1.807) is 6.20 Å². The molecule has 2 aromatic heterocycles. The quantitative estimate of drug-likeness (QED) is 0.194. The molecule has 34 heavy (non-hydrogen) atoms. The number of nitrogens with one attached hydrogen (secondary N) is 1. The number of rotatable bonds is 6. The van der Waals surface area contributed by atoms with Crippen LogP contribution in [-0.2, 0) is 0 Å². The molecule has 0 saturated carbocycles. The van der Waals surface area contributed by atoms with E-state index < -0.39 is 5.82 Å². The van der Waals surface area contributed by atoms with Gasteiger partial charge in [0.25, 0.3) is 5.56 Å². The number of halogens is 1. The number of hydrogen-bond acceptors (Lipinski definition) is 4. The Labute approximate surface area is 199 Å². The fourth-order valence-electron chi connectivity index (χ4n) is 3.82. The topological polar surface area (TPSA) is 67.8 Å². The first kappa shape index (κ1) is 21.9. The largest absolute Gasteiger partial charge is 0.355 e. The van der Waals surface area contributed by atoms with E-state index in [1.165, 1.54) is 40.6 Å². The van der Waals surface area contributed by atoms with Gasteiger partial charge in [-0.25, -0.2) is 9.37 Å². The molecule has 0 bridgehead atoms. The number of carbonyl (C=O) groups excluding carboxylic acids is 1. The van der Waals surface area contributed by atoms with E-state index in [-0.39, 0.29) is 17.1 Å². The molecule has 5 nitrogen and oxygen atoms in total. The molecule has 0 spiro atoms. The summed E-state index contributed by atoms with van der Waals surface area (Å²) in [5.41, 5.74) is 4.54. The van der Waals surface area contributed by atoms with Gasteiger partial charge >= 0.3 is 0 Å². The van der Waals surface area contributed by atoms with E-state index >= 15 is 0 Å². The lowest BCUT2D eigenvalue weighted by molar-refractivity contribution is 0.102. The molecule has 1 N–H and O–H groups in total. The molecule has 0 aliphatic heterocycles. The molecule has 0 unspecified atom stereocenters. The molecule has 0 aliphatic rings. The van der Waals surface area contributed by atoms with Gasteiger partial charge in [0.1, 0.15) is 16.9 Å². The third-order valence-corrected chi connectivity index (χ3v) is 6.45. The first-order valence-electron chi connectivity index (χ1n) is 10.7. The molecule has 7 heteroatoms. The van der Waals surface area contributed by atoms with Crippen molar-refractivity contribution in [3.8, 4) is 16.8 Å². The van der Waals surface area contributed by atoms with Gasteiger partial charge in [-0.15, -0.1) is 0 Å². The van der Waals surface area contributed by atoms with E-state index in [0.717, 1.165) is 16.7 Å². The molecule has 168 valence electrons. The summed E-state index contributed by atoms with van der Waals surface area (Å²) in [6.45, 7) is 1.95. The van der Waals surface area contributed by atoms with Crippen LogP contribution in [0, 0.1) is 12.7 Å². The van der Waals surface area contributed by atoms with Crippen molar-refractivity contribution < 1.29 is 9.18 Å². The Morgan fingerprint density at radius 1 is 1.03 bits per heavy atom. The Hall–Kier alpha value is -3.97. The number of nitrogens with zero attached hydrogens (tertiary/aromatic N) is 2. The van der Waals surface area contributed by atoms with Crippen LogP contribution >= 0.6 is 11.8 Å². The van der Waals surface area contributed by atoms with Crippen molar-refractivity contribution in [1.29, 1.82) is 0 Å². The van der Waals surface area contributed by atoms with Gasteiger partial charge in [0.2, 0.25) is 0 Å². The standard InChI is InChI=1S/C27H20FN3O2S/c1-17-6-5-9-21(14-17)31-26(33)25-24(22(15-29-25)18-7-3-2-4-8-18)30-27(31)34-16-23(32)19-10-12-20(28)13-11-19/h2-15,29H,16H2,1H3. The number of thioether (sulfide) groups is 1. The van der Waals surface area contributed by atoms with E-state index in [1.807, 2.05) is 61.5 Å². The lowest BCUT2D eigenvalue weighted by atomic mass is 10.1. The van der Waals surface area contributed by atoms with Crippen LogP contribution in [0.4, 0.5) is 4.39 Å². The Kier molecular flexibility index (Phi) is 5.86. The predicted octanol–water partition coefficient (Wildman–Crippen LogP) is 5.80. The second-order valence-corrected chi connectivity index (χ2v) is 8.83. The molecule has 2 heterocycles. The fraction of sp³-hybridized carbons (Fsp3) is 0.0741. The molecule has 0 atom stereocenters. The predicted molar refractivity (Wildman–Crippen MR) is 133 cm³/mol. The summed E-state index contributed by atoms with van der Waals surface area (Å²) < 4.78 is 14.8. The maximum absolute atomic E-state index is 13.6. The van der Waals surface area contributed by atoms with Crippen LogP contribution < -0.4 is 5.56 Å². The Morgan fingerprint density at radius 2 is 1.79 bits per heavy atom. The van der Waals surface area contributed by atoms with E-state index in [2.05, 4.69) is 4.98 Å². The summed E-state index contributed by atoms with van der Waals surface area (Å²) in [7, 11) is 0. The molecular formula is C27H20FN3O2S. The van der Waals surface area contributed by atoms with Crippen LogP contribution in [0.1, 0.15) is 15.9 Å². The molecule has 5 rings (SSSR count).